The van der Waals surface area contributed by atoms with Gasteiger partial charge in [-0.25, -0.2) is 9.97 Å². The van der Waals surface area contributed by atoms with Crippen LogP contribution in [0.3, 0.4) is 0 Å². The van der Waals surface area contributed by atoms with Crippen LogP contribution >= 0.6 is 11.6 Å². The molecule has 1 aliphatic carbocycles. The lowest BCUT2D eigenvalue weighted by atomic mass is 10.1. The molecule has 0 spiro atoms. The van der Waals surface area contributed by atoms with Gasteiger partial charge in [-0.05, 0) is 31.4 Å². The number of benzene rings is 1. The Labute approximate surface area is 124 Å². The van der Waals surface area contributed by atoms with E-state index in [1.54, 1.807) is 0 Å². The van der Waals surface area contributed by atoms with Crippen LogP contribution in [0, 0.1) is 0 Å². The van der Waals surface area contributed by atoms with Crippen molar-refractivity contribution in [1.82, 2.24) is 9.97 Å². The summed E-state index contributed by atoms with van der Waals surface area (Å²) < 4.78 is 0. The zero-order chi connectivity index (χ0) is 13.9. The van der Waals surface area contributed by atoms with Crippen LogP contribution in [0.5, 0.6) is 0 Å². The maximum Gasteiger partial charge on any atom is 0.134 e. The highest BCUT2D eigenvalue weighted by Crippen LogP contribution is 2.39. The summed E-state index contributed by atoms with van der Waals surface area (Å²) in [4.78, 5) is 9.33. The Morgan fingerprint density at radius 2 is 2.10 bits per heavy atom. The second kappa shape index (κ2) is 5.80. The van der Waals surface area contributed by atoms with Crippen molar-refractivity contribution in [3.05, 3.63) is 41.2 Å². The van der Waals surface area contributed by atoms with Crippen LogP contribution in [-0.2, 0) is 0 Å². The zero-order valence-corrected chi connectivity index (χ0v) is 12.3. The van der Waals surface area contributed by atoms with Gasteiger partial charge in [0, 0.05) is 29.1 Å². The molecule has 1 N–H and O–H groups in total. The highest BCUT2D eigenvalue weighted by molar-refractivity contribution is 6.30. The van der Waals surface area contributed by atoms with E-state index in [0.29, 0.717) is 5.92 Å². The summed E-state index contributed by atoms with van der Waals surface area (Å²) in [5, 5.41) is 4.09. The molecule has 0 bridgehead atoms. The van der Waals surface area contributed by atoms with Crippen LogP contribution in [0.15, 0.2) is 30.3 Å². The number of rotatable bonds is 5. The molecule has 1 aromatic carbocycles. The van der Waals surface area contributed by atoms with Gasteiger partial charge in [-0.15, -0.1) is 0 Å². The zero-order valence-electron chi connectivity index (χ0n) is 11.6. The molecule has 1 fully saturated rings. The number of aromatic nitrogens is 2. The van der Waals surface area contributed by atoms with Gasteiger partial charge in [-0.1, -0.05) is 30.7 Å². The van der Waals surface area contributed by atoms with Crippen LogP contribution in [0.25, 0.3) is 11.3 Å². The molecule has 0 atom stereocenters. The first-order chi connectivity index (χ1) is 9.76. The molecule has 0 amide bonds. The lowest BCUT2D eigenvalue weighted by molar-refractivity contribution is 0.911. The monoisotopic (exact) mass is 287 g/mol. The van der Waals surface area contributed by atoms with E-state index >= 15 is 0 Å². The molecule has 4 heteroatoms. The van der Waals surface area contributed by atoms with Crippen LogP contribution in [0.4, 0.5) is 5.82 Å². The Morgan fingerprint density at radius 1 is 1.25 bits per heavy atom. The summed E-state index contributed by atoms with van der Waals surface area (Å²) in [6.07, 6.45) is 3.48. The summed E-state index contributed by atoms with van der Waals surface area (Å²) in [5.41, 5.74) is 1.99. The Hall–Kier alpha value is -1.61. The lowest BCUT2D eigenvalue weighted by Crippen LogP contribution is -2.05. The first-order valence-corrected chi connectivity index (χ1v) is 7.53. The van der Waals surface area contributed by atoms with Gasteiger partial charge in [-0.2, -0.15) is 0 Å². The molecule has 3 rings (SSSR count). The minimum atomic E-state index is 0.538. The molecule has 20 heavy (non-hydrogen) atoms. The Bertz CT molecular complexity index is 608. The van der Waals surface area contributed by atoms with E-state index in [-0.39, 0.29) is 0 Å². The van der Waals surface area contributed by atoms with Crippen molar-refractivity contribution in [3.8, 4) is 11.3 Å². The van der Waals surface area contributed by atoms with Gasteiger partial charge >= 0.3 is 0 Å². The number of nitrogens with one attached hydrogen (secondary N) is 1. The number of nitrogens with zero attached hydrogens (tertiary/aromatic N) is 2. The highest BCUT2D eigenvalue weighted by atomic mass is 35.5. The summed E-state index contributed by atoms with van der Waals surface area (Å²) in [7, 11) is 0. The molecule has 0 unspecified atom stereocenters. The van der Waals surface area contributed by atoms with Crippen molar-refractivity contribution in [2.45, 2.75) is 32.1 Å². The first kappa shape index (κ1) is 13.4. The Kier molecular flexibility index (Phi) is 3.88. The van der Waals surface area contributed by atoms with Crippen molar-refractivity contribution in [3.63, 3.8) is 0 Å². The fraction of sp³-hybridized carbons (Fsp3) is 0.375. The molecule has 104 valence electrons. The van der Waals surface area contributed by atoms with Crippen LogP contribution in [-0.4, -0.2) is 16.5 Å². The maximum atomic E-state index is 6.07. The maximum absolute atomic E-state index is 6.07. The average Bonchev–Trinajstić information content (AvgIpc) is 3.29. The third kappa shape index (κ3) is 3.10. The molecule has 1 aliphatic rings. The van der Waals surface area contributed by atoms with E-state index in [2.05, 4.69) is 17.2 Å². The van der Waals surface area contributed by atoms with Crippen molar-refractivity contribution in [2.24, 2.45) is 0 Å². The van der Waals surface area contributed by atoms with Gasteiger partial charge in [0.1, 0.15) is 11.6 Å². The van der Waals surface area contributed by atoms with Gasteiger partial charge in [0.25, 0.3) is 0 Å². The van der Waals surface area contributed by atoms with E-state index in [1.807, 2.05) is 30.3 Å². The van der Waals surface area contributed by atoms with Gasteiger partial charge < -0.3 is 5.32 Å². The molecular weight excluding hydrogens is 270 g/mol. The summed E-state index contributed by atoms with van der Waals surface area (Å²) >= 11 is 6.07. The summed E-state index contributed by atoms with van der Waals surface area (Å²) in [6.45, 7) is 3.07. The summed E-state index contributed by atoms with van der Waals surface area (Å²) in [5.74, 6) is 2.41. The molecule has 1 aromatic heterocycles. The predicted octanol–water partition coefficient (Wildman–Crippen LogP) is 4.50. The minimum absolute atomic E-state index is 0.538. The van der Waals surface area contributed by atoms with Crippen molar-refractivity contribution in [2.75, 3.05) is 11.9 Å². The molecule has 1 heterocycles. The largest absolute Gasteiger partial charge is 0.370 e. The topological polar surface area (TPSA) is 37.8 Å². The lowest BCUT2D eigenvalue weighted by Gasteiger charge is -2.09. The number of halogens is 1. The minimum Gasteiger partial charge on any atom is -0.370 e. The SMILES string of the molecule is CCCNc1cc(-c2cccc(Cl)c2)nc(C2CC2)n1. The second-order valence-electron chi connectivity index (χ2n) is 5.21. The molecule has 3 nitrogen and oxygen atoms in total. The van der Waals surface area contributed by atoms with Gasteiger partial charge in [0.05, 0.1) is 5.69 Å². The number of anilines is 1. The Morgan fingerprint density at radius 3 is 2.80 bits per heavy atom. The van der Waals surface area contributed by atoms with E-state index < -0.39 is 0 Å². The highest BCUT2D eigenvalue weighted by Gasteiger charge is 2.27. The van der Waals surface area contributed by atoms with Gasteiger partial charge in [-0.3, -0.25) is 0 Å². The van der Waals surface area contributed by atoms with Crippen molar-refractivity contribution < 1.29 is 0 Å². The predicted molar refractivity (Wildman–Crippen MR) is 83.2 cm³/mol. The molecule has 2 aromatic rings. The third-order valence-electron chi connectivity index (χ3n) is 3.36. The number of hydrogen-bond donors (Lipinski definition) is 1. The molecule has 0 aliphatic heterocycles. The molecular formula is C16H18ClN3. The van der Waals surface area contributed by atoms with Crippen molar-refractivity contribution >= 4 is 17.4 Å². The van der Waals surface area contributed by atoms with E-state index in [4.69, 9.17) is 16.6 Å². The Balaban J connectivity index is 1.98. The third-order valence-corrected chi connectivity index (χ3v) is 3.60. The molecule has 0 saturated heterocycles. The van der Waals surface area contributed by atoms with E-state index in [1.165, 1.54) is 12.8 Å². The van der Waals surface area contributed by atoms with Gasteiger partial charge in [0.2, 0.25) is 0 Å². The molecule has 1 saturated carbocycles. The standard InChI is InChI=1S/C16H18ClN3/c1-2-8-18-15-10-14(12-4-3-5-13(17)9-12)19-16(20-15)11-6-7-11/h3-5,9-11H,2,6-8H2,1H3,(H,18,19,20). The van der Waals surface area contributed by atoms with Crippen LogP contribution in [0.2, 0.25) is 5.02 Å². The smallest absolute Gasteiger partial charge is 0.134 e. The fourth-order valence-electron chi connectivity index (χ4n) is 2.13. The number of hydrogen-bond acceptors (Lipinski definition) is 3. The van der Waals surface area contributed by atoms with Crippen LogP contribution < -0.4 is 5.32 Å². The van der Waals surface area contributed by atoms with Gasteiger partial charge in [0.15, 0.2) is 0 Å². The summed E-state index contributed by atoms with van der Waals surface area (Å²) in [6, 6.07) is 9.83. The van der Waals surface area contributed by atoms with E-state index in [0.717, 1.165) is 40.9 Å². The normalized spacial score (nSPS) is 14.3. The fourth-order valence-corrected chi connectivity index (χ4v) is 2.32. The second-order valence-corrected chi connectivity index (χ2v) is 5.64. The van der Waals surface area contributed by atoms with Crippen molar-refractivity contribution in [1.29, 1.82) is 0 Å². The quantitative estimate of drug-likeness (QED) is 0.880. The first-order valence-electron chi connectivity index (χ1n) is 7.15. The average molecular weight is 288 g/mol. The van der Waals surface area contributed by atoms with E-state index in [9.17, 15) is 0 Å². The molecule has 0 radical (unpaired) electrons. The van der Waals surface area contributed by atoms with Crippen LogP contribution in [0.1, 0.15) is 37.9 Å².